The number of primary amides is 1. The van der Waals surface area contributed by atoms with Crippen molar-refractivity contribution in [3.8, 4) is 11.4 Å². The summed E-state index contributed by atoms with van der Waals surface area (Å²) in [6, 6.07) is 18.1. The molecular formula is C21H20N4O3. The van der Waals surface area contributed by atoms with E-state index in [9.17, 15) is 9.59 Å². The Kier molecular flexibility index (Phi) is 5.86. The van der Waals surface area contributed by atoms with Crippen LogP contribution in [0.3, 0.4) is 0 Å². The van der Waals surface area contributed by atoms with Gasteiger partial charge in [-0.2, -0.15) is 5.10 Å². The van der Waals surface area contributed by atoms with E-state index in [-0.39, 0.29) is 12.5 Å². The van der Waals surface area contributed by atoms with Gasteiger partial charge in [-0.15, -0.1) is 0 Å². The summed E-state index contributed by atoms with van der Waals surface area (Å²) in [7, 11) is 0. The van der Waals surface area contributed by atoms with Gasteiger partial charge in [-0.3, -0.25) is 9.59 Å². The van der Waals surface area contributed by atoms with Crippen LogP contribution in [0.1, 0.15) is 22.8 Å². The van der Waals surface area contributed by atoms with Gasteiger partial charge in [-0.1, -0.05) is 0 Å². The molecule has 0 atom stereocenters. The fourth-order valence-corrected chi connectivity index (χ4v) is 2.50. The van der Waals surface area contributed by atoms with Crippen LogP contribution < -0.4 is 15.9 Å². The van der Waals surface area contributed by atoms with Gasteiger partial charge in [0, 0.05) is 23.6 Å². The first kappa shape index (κ1) is 18.9. The van der Waals surface area contributed by atoms with Crippen molar-refractivity contribution in [1.82, 2.24) is 9.99 Å². The number of nitrogens with two attached hydrogens (primary N) is 1. The van der Waals surface area contributed by atoms with E-state index < -0.39 is 5.91 Å². The molecule has 2 amide bonds. The molecule has 0 bridgehead atoms. The van der Waals surface area contributed by atoms with Gasteiger partial charge in [-0.05, 0) is 73.2 Å². The first-order chi connectivity index (χ1) is 13.5. The van der Waals surface area contributed by atoms with Crippen LogP contribution in [0.2, 0.25) is 0 Å². The van der Waals surface area contributed by atoms with Crippen LogP contribution in [0, 0.1) is 0 Å². The number of hydrogen-bond acceptors (Lipinski definition) is 4. The first-order valence-corrected chi connectivity index (χ1v) is 8.62. The van der Waals surface area contributed by atoms with Gasteiger partial charge in [0.05, 0.1) is 5.71 Å². The van der Waals surface area contributed by atoms with Gasteiger partial charge in [0.25, 0.3) is 11.8 Å². The molecule has 0 radical (unpaired) electrons. The van der Waals surface area contributed by atoms with E-state index in [0.29, 0.717) is 17.0 Å². The summed E-state index contributed by atoms with van der Waals surface area (Å²) in [5.74, 6) is -0.298. The Hall–Kier alpha value is -3.87. The van der Waals surface area contributed by atoms with Crippen LogP contribution in [0.5, 0.6) is 5.75 Å². The Morgan fingerprint density at radius 1 is 1.00 bits per heavy atom. The minimum atomic E-state index is -0.536. The van der Waals surface area contributed by atoms with E-state index in [1.165, 1.54) is 0 Å². The zero-order chi connectivity index (χ0) is 19.9. The smallest absolute Gasteiger partial charge is 0.271 e. The summed E-state index contributed by atoms with van der Waals surface area (Å²) in [5, 5.41) is 4.14. The number of hydrazone groups is 1. The second-order valence-electron chi connectivity index (χ2n) is 6.05. The number of nitrogens with zero attached hydrogens (tertiary/aromatic N) is 2. The molecule has 0 aliphatic heterocycles. The molecule has 0 aliphatic rings. The molecule has 7 nitrogen and oxygen atoms in total. The molecule has 3 N–H and O–H groups in total. The van der Waals surface area contributed by atoms with Crippen LogP contribution in [-0.4, -0.2) is 28.7 Å². The third-order valence-corrected chi connectivity index (χ3v) is 4.01. The highest BCUT2D eigenvalue weighted by atomic mass is 16.5. The van der Waals surface area contributed by atoms with Gasteiger partial charge < -0.3 is 15.0 Å². The molecule has 28 heavy (non-hydrogen) atoms. The number of carbonyl (C=O) groups is 2. The predicted octanol–water partition coefficient (Wildman–Crippen LogP) is 2.50. The first-order valence-electron chi connectivity index (χ1n) is 8.62. The molecule has 3 rings (SSSR count). The predicted molar refractivity (Wildman–Crippen MR) is 107 cm³/mol. The standard InChI is InChI=1S/C21H20N4O3/c1-15(16-6-10-19(11-7-16)28-14-20(22)26)23-24-21(27)17-4-8-18(9-5-17)25-12-2-3-13-25/h2-13H,14H2,1H3,(H2,22,26)(H,24,27)/b23-15+. The fourth-order valence-electron chi connectivity index (χ4n) is 2.50. The van der Waals surface area contributed by atoms with E-state index >= 15 is 0 Å². The van der Waals surface area contributed by atoms with Crippen LogP contribution >= 0.6 is 0 Å². The lowest BCUT2D eigenvalue weighted by molar-refractivity contribution is -0.119. The molecule has 1 aromatic heterocycles. The Labute approximate surface area is 162 Å². The van der Waals surface area contributed by atoms with E-state index in [2.05, 4.69) is 10.5 Å². The maximum absolute atomic E-state index is 12.3. The Balaban J connectivity index is 1.60. The van der Waals surface area contributed by atoms with Gasteiger partial charge >= 0.3 is 0 Å². The number of ether oxygens (including phenoxy) is 1. The molecule has 7 heteroatoms. The number of benzene rings is 2. The molecule has 0 fully saturated rings. The highest BCUT2D eigenvalue weighted by Gasteiger charge is 2.06. The fraction of sp³-hybridized carbons (Fsp3) is 0.0952. The molecule has 0 aliphatic carbocycles. The SMILES string of the molecule is C/C(=N\NC(=O)c1ccc(-n2cccc2)cc1)c1ccc(OCC(N)=O)cc1. The topological polar surface area (TPSA) is 98.7 Å². The van der Waals surface area contributed by atoms with E-state index in [1.807, 2.05) is 41.2 Å². The lowest BCUT2D eigenvalue weighted by Crippen LogP contribution is -2.20. The quantitative estimate of drug-likeness (QED) is 0.489. The van der Waals surface area contributed by atoms with Crippen LogP contribution in [0.15, 0.2) is 78.2 Å². The van der Waals surface area contributed by atoms with Crippen molar-refractivity contribution in [2.75, 3.05) is 6.61 Å². The number of hydrogen-bond donors (Lipinski definition) is 2. The Morgan fingerprint density at radius 2 is 1.61 bits per heavy atom. The van der Waals surface area contributed by atoms with Crippen molar-refractivity contribution in [1.29, 1.82) is 0 Å². The number of amides is 2. The minimum Gasteiger partial charge on any atom is -0.484 e. The van der Waals surface area contributed by atoms with Crippen molar-refractivity contribution in [3.63, 3.8) is 0 Å². The number of carbonyl (C=O) groups excluding carboxylic acids is 2. The summed E-state index contributed by atoms with van der Waals surface area (Å²) < 4.78 is 7.17. The number of rotatable bonds is 7. The van der Waals surface area contributed by atoms with Gasteiger partial charge in [0.1, 0.15) is 5.75 Å². The summed E-state index contributed by atoms with van der Waals surface area (Å²) in [5.41, 5.74) is 10.5. The number of aromatic nitrogens is 1. The lowest BCUT2D eigenvalue weighted by Gasteiger charge is -2.07. The van der Waals surface area contributed by atoms with E-state index in [4.69, 9.17) is 10.5 Å². The second-order valence-corrected chi connectivity index (χ2v) is 6.05. The molecule has 0 saturated carbocycles. The van der Waals surface area contributed by atoms with Crippen molar-refractivity contribution in [2.45, 2.75) is 6.92 Å². The van der Waals surface area contributed by atoms with Crippen molar-refractivity contribution >= 4 is 17.5 Å². The molecule has 0 saturated heterocycles. The largest absolute Gasteiger partial charge is 0.484 e. The Morgan fingerprint density at radius 3 is 2.21 bits per heavy atom. The van der Waals surface area contributed by atoms with Gasteiger partial charge in [0.2, 0.25) is 0 Å². The third-order valence-electron chi connectivity index (χ3n) is 4.01. The van der Waals surface area contributed by atoms with Crippen LogP contribution in [0.4, 0.5) is 0 Å². The van der Waals surface area contributed by atoms with E-state index in [0.717, 1.165) is 11.3 Å². The minimum absolute atomic E-state index is 0.175. The molecule has 0 spiro atoms. The van der Waals surface area contributed by atoms with Crippen molar-refractivity contribution < 1.29 is 14.3 Å². The molecular weight excluding hydrogens is 356 g/mol. The van der Waals surface area contributed by atoms with Crippen molar-refractivity contribution in [2.24, 2.45) is 10.8 Å². The normalized spacial score (nSPS) is 11.1. The summed E-state index contributed by atoms with van der Waals surface area (Å²) >= 11 is 0. The zero-order valence-corrected chi connectivity index (χ0v) is 15.3. The van der Waals surface area contributed by atoms with Crippen LogP contribution in [-0.2, 0) is 4.79 Å². The number of nitrogens with one attached hydrogen (secondary N) is 1. The average Bonchev–Trinajstić information content (AvgIpc) is 3.25. The van der Waals surface area contributed by atoms with Gasteiger partial charge in [0.15, 0.2) is 6.61 Å². The highest BCUT2D eigenvalue weighted by Crippen LogP contribution is 2.13. The third kappa shape index (κ3) is 4.85. The highest BCUT2D eigenvalue weighted by molar-refractivity contribution is 6.01. The zero-order valence-electron chi connectivity index (χ0n) is 15.3. The lowest BCUT2D eigenvalue weighted by atomic mass is 10.1. The summed E-state index contributed by atoms with van der Waals surface area (Å²) in [6.07, 6.45) is 3.87. The molecule has 142 valence electrons. The molecule has 2 aromatic carbocycles. The Bertz CT molecular complexity index is 976. The average molecular weight is 376 g/mol. The maximum Gasteiger partial charge on any atom is 0.271 e. The monoisotopic (exact) mass is 376 g/mol. The summed E-state index contributed by atoms with van der Waals surface area (Å²) in [6.45, 7) is 1.61. The van der Waals surface area contributed by atoms with Crippen molar-refractivity contribution in [3.05, 3.63) is 84.2 Å². The molecule has 3 aromatic rings. The summed E-state index contributed by atoms with van der Waals surface area (Å²) in [4.78, 5) is 23.0. The maximum atomic E-state index is 12.3. The molecule has 1 heterocycles. The van der Waals surface area contributed by atoms with Crippen LogP contribution in [0.25, 0.3) is 5.69 Å². The molecule has 0 unspecified atom stereocenters. The second kappa shape index (κ2) is 8.68. The van der Waals surface area contributed by atoms with Gasteiger partial charge in [-0.25, -0.2) is 5.43 Å². The van der Waals surface area contributed by atoms with E-state index in [1.54, 1.807) is 43.3 Å².